The van der Waals surface area contributed by atoms with Crippen LogP contribution in [0, 0.1) is 5.82 Å². The normalized spacial score (nSPS) is 15.0. The molecule has 2 rings (SSSR count). The van der Waals surface area contributed by atoms with E-state index in [2.05, 4.69) is 0 Å². The highest BCUT2D eigenvalue weighted by molar-refractivity contribution is 8.13. The molecule has 116 valence electrons. The first-order chi connectivity index (χ1) is 9.75. The van der Waals surface area contributed by atoms with Gasteiger partial charge in [0.25, 0.3) is 15.0 Å². The Morgan fingerprint density at radius 2 is 2.05 bits per heavy atom. The van der Waals surface area contributed by atoms with E-state index in [1.165, 1.54) is 0 Å². The lowest BCUT2D eigenvalue weighted by Gasteiger charge is -2.22. The van der Waals surface area contributed by atoms with Crippen molar-refractivity contribution in [3.05, 3.63) is 28.5 Å². The van der Waals surface area contributed by atoms with Gasteiger partial charge in [0.05, 0.1) is 10.6 Å². The standard InChI is InChI=1S/C13H14Cl2FNO3S/c1-2-5-17(8-3-4-8)13(18)9-6-12(21(15,19)20)11(16)7-10(9)14/h6-8H,2-5H2,1H3. The van der Waals surface area contributed by atoms with Gasteiger partial charge in [-0.2, -0.15) is 0 Å². The number of halogens is 3. The van der Waals surface area contributed by atoms with Crippen molar-refractivity contribution in [2.24, 2.45) is 0 Å². The van der Waals surface area contributed by atoms with Crippen LogP contribution in [0.2, 0.25) is 5.02 Å². The van der Waals surface area contributed by atoms with E-state index < -0.39 is 25.7 Å². The quantitative estimate of drug-likeness (QED) is 0.762. The van der Waals surface area contributed by atoms with Gasteiger partial charge in [-0.1, -0.05) is 18.5 Å². The summed E-state index contributed by atoms with van der Waals surface area (Å²) < 4.78 is 36.3. The second-order valence-electron chi connectivity index (χ2n) is 4.93. The van der Waals surface area contributed by atoms with E-state index in [-0.39, 0.29) is 16.6 Å². The highest BCUT2D eigenvalue weighted by Crippen LogP contribution is 2.32. The first kappa shape index (κ1) is 16.5. The summed E-state index contributed by atoms with van der Waals surface area (Å²) in [7, 11) is 0.892. The Morgan fingerprint density at radius 1 is 1.43 bits per heavy atom. The van der Waals surface area contributed by atoms with Gasteiger partial charge in [0, 0.05) is 23.3 Å². The minimum atomic E-state index is -4.28. The molecule has 0 saturated heterocycles. The lowest BCUT2D eigenvalue weighted by atomic mass is 10.2. The predicted octanol–water partition coefficient (Wildman–Crippen LogP) is 3.42. The van der Waals surface area contributed by atoms with Crippen molar-refractivity contribution in [3.63, 3.8) is 0 Å². The van der Waals surface area contributed by atoms with E-state index in [9.17, 15) is 17.6 Å². The number of carbonyl (C=O) groups excluding carboxylic acids is 1. The number of carbonyl (C=O) groups is 1. The maximum absolute atomic E-state index is 13.6. The molecule has 1 fully saturated rings. The zero-order chi connectivity index (χ0) is 15.8. The molecule has 0 unspecified atom stereocenters. The van der Waals surface area contributed by atoms with Crippen molar-refractivity contribution in [2.75, 3.05) is 6.54 Å². The second-order valence-corrected chi connectivity index (χ2v) is 7.87. The zero-order valence-electron chi connectivity index (χ0n) is 11.3. The van der Waals surface area contributed by atoms with Crippen molar-refractivity contribution >= 4 is 37.2 Å². The van der Waals surface area contributed by atoms with Crippen molar-refractivity contribution < 1.29 is 17.6 Å². The van der Waals surface area contributed by atoms with Crippen molar-refractivity contribution in [1.29, 1.82) is 0 Å². The Hall–Kier alpha value is -0.850. The summed E-state index contributed by atoms with van der Waals surface area (Å²) in [5.41, 5.74) is -0.0439. The van der Waals surface area contributed by atoms with Gasteiger partial charge in [-0.3, -0.25) is 4.79 Å². The number of nitrogens with zero attached hydrogens (tertiary/aromatic N) is 1. The highest BCUT2D eigenvalue weighted by atomic mass is 35.7. The summed E-state index contributed by atoms with van der Waals surface area (Å²) in [5.74, 6) is -1.47. The Bertz CT molecular complexity index is 674. The molecule has 1 aliphatic rings. The van der Waals surface area contributed by atoms with Gasteiger partial charge in [0.15, 0.2) is 0 Å². The van der Waals surface area contributed by atoms with Crippen LogP contribution in [0.1, 0.15) is 36.5 Å². The van der Waals surface area contributed by atoms with Crippen LogP contribution in [-0.2, 0) is 9.05 Å². The SMILES string of the molecule is CCCN(C(=O)c1cc(S(=O)(=O)Cl)c(F)cc1Cl)C1CC1. The Labute approximate surface area is 132 Å². The molecule has 0 aliphatic heterocycles. The van der Waals surface area contributed by atoms with Crippen molar-refractivity contribution in [2.45, 2.75) is 37.1 Å². The minimum absolute atomic E-state index is 0.0439. The lowest BCUT2D eigenvalue weighted by molar-refractivity contribution is 0.0743. The van der Waals surface area contributed by atoms with Crippen LogP contribution in [0.3, 0.4) is 0 Å². The van der Waals surface area contributed by atoms with E-state index >= 15 is 0 Å². The van der Waals surface area contributed by atoms with Gasteiger partial charge in [0.1, 0.15) is 10.7 Å². The smallest absolute Gasteiger partial charge is 0.264 e. The summed E-state index contributed by atoms with van der Waals surface area (Å²) in [6.45, 7) is 2.48. The van der Waals surface area contributed by atoms with Crippen LogP contribution < -0.4 is 0 Å². The fourth-order valence-electron chi connectivity index (χ4n) is 2.11. The first-order valence-corrected chi connectivity index (χ1v) is 9.19. The van der Waals surface area contributed by atoms with E-state index in [0.717, 1.165) is 31.4 Å². The molecule has 1 aliphatic carbocycles. The Balaban J connectivity index is 2.45. The molecule has 21 heavy (non-hydrogen) atoms. The summed E-state index contributed by atoms with van der Waals surface area (Å²) >= 11 is 5.89. The van der Waals surface area contributed by atoms with Gasteiger partial charge in [-0.05, 0) is 31.4 Å². The molecular formula is C13H14Cl2FNO3S. The van der Waals surface area contributed by atoms with Crippen LogP contribution in [0.25, 0.3) is 0 Å². The Morgan fingerprint density at radius 3 is 2.52 bits per heavy atom. The van der Waals surface area contributed by atoms with E-state index in [0.29, 0.717) is 6.54 Å². The van der Waals surface area contributed by atoms with Crippen LogP contribution >= 0.6 is 22.3 Å². The molecule has 8 heteroatoms. The zero-order valence-corrected chi connectivity index (χ0v) is 13.6. The number of rotatable bonds is 5. The first-order valence-electron chi connectivity index (χ1n) is 6.50. The Kier molecular flexibility index (Phi) is 4.80. The number of amides is 1. The average molecular weight is 354 g/mol. The third-order valence-corrected chi connectivity index (χ3v) is 4.88. The monoisotopic (exact) mass is 353 g/mol. The largest absolute Gasteiger partial charge is 0.336 e. The molecular weight excluding hydrogens is 340 g/mol. The second kappa shape index (κ2) is 6.10. The molecule has 0 radical (unpaired) electrons. The summed E-state index contributed by atoms with van der Waals surface area (Å²) in [4.78, 5) is 13.4. The van der Waals surface area contributed by atoms with Gasteiger partial charge in [0.2, 0.25) is 0 Å². The minimum Gasteiger partial charge on any atom is -0.336 e. The maximum atomic E-state index is 13.6. The fraction of sp³-hybridized carbons (Fsp3) is 0.462. The molecule has 1 amide bonds. The lowest BCUT2D eigenvalue weighted by Crippen LogP contribution is -2.34. The molecule has 0 aromatic heterocycles. The van der Waals surface area contributed by atoms with Gasteiger partial charge in [-0.15, -0.1) is 0 Å². The number of benzene rings is 1. The fourth-order valence-corrected chi connectivity index (χ4v) is 3.25. The molecule has 0 N–H and O–H groups in total. The van der Waals surface area contributed by atoms with Crippen LogP contribution in [0.5, 0.6) is 0 Å². The summed E-state index contributed by atoms with van der Waals surface area (Å²) in [5, 5.41) is -0.122. The molecule has 4 nitrogen and oxygen atoms in total. The molecule has 0 spiro atoms. The topological polar surface area (TPSA) is 54.5 Å². The summed E-state index contributed by atoms with van der Waals surface area (Å²) in [6.07, 6.45) is 2.58. The van der Waals surface area contributed by atoms with E-state index in [1.807, 2.05) is 6.92 Å². The average Bonchev–Trinajstić information content (AvgIpc) is 3.17. The summed E-state index contributed by atoms with van der Waals surface area (Å²) in [6, 6.07) is 1.86. The van der Waals surface area contributed by atoms with Gasteiger partial charge < -0.3 is 4.90 Å². The molecule has 0 heterocycles. The van der Waals surface area contributed by atoms with Crippen LogP contribution in [-0.4, -0.2) is 31.8 Å². The number of hydrogen-bond acceptors (Lipinski definition) is 3. The van der Waals surface area contributed by atoms with Crippen LogP contribution in [0.4, 0.5) is 4.39 Å². The highest BCUT2D eigenvalue weighted by Gasteiger charge is 2.34. The molecule has 0 atom stereocenters. The molecule has 1 aromatic carbocycles. The molecule has 1 aromatic rings. The third-order valence-electron chi connectivity index (χ3n) is 3.23. The van der Waals surface area contributed by atoms with E-state index in [1.54, 1.807) is 4.90 Å². The maximum Gasteiger partial charge on any atom is 0.264 e. The predicted molar refractivity (Wildman–Crippen MR) is 78.8 cm³/mol. The van der Waals surface area contributed by atoms with Gasteiger partial charge >= 0.3 is 0 Å². The number of hydrogen-bond donors (Lipinski definition) is 0. The van der Waals surface area contributed by atoms with E-state index in [4.69, 9.17) is 22.3 Å². The van der Waals surface area contributed by atoms with Gasteiger partial charge in [-0.25, -0.2) is 12.8 Å². The van der Waals surface area contributed by atoms with Crippen molar-refractivity contribution in [1.82, 2.24) is 4.90 Å². The molecule has 0 bridgehead atoms. The van der Waals surface area contributed by atoms with Crippen LogP contribution in [0.15, 0.2) is 17.0 Å². The third kappa shape index (κ3) is 3.67. The van der Waals surface area contributed by atoms with Crippen molar-refractivity contribution in [3.8, 4) is 0 Å². The molecule has 1 saturated carbocycles.